The van der Waals surface area contributed by atoms with Crippen molar-refractivity contribution >= 4 is 15.7 Å². The predicted molar refractivity (Wildman–Crippen MR) is 65.2 cm³/mol. The molecule has 17 heavy (non-hydrogen) atoms. The van der Waals surface area contributed by atoms with Crippen LogP contribution < -0.4 is 0 Å². The molecule has 1 amide bonds. The predicted octanol–water partition coefficient (Wildman–Crippen LogP) is -0.104. The van der Waals surface area contributed by atoms with E-state index in [-0.39, 0.29) is 36.0 Å². The number of carbonyl (C=O) groups excluding carboxylic acids is 1. The lowest BCUT2D eigenvalue weighted by molar-refractivity contribution is -0.138. The zero-order chi connectivity index (χ0) is 13.2. The highest BCUT2D eigenvalue weighted by Gasteiger charge is 2.35. The van der Waals surface area contributed by atoms with Crippen LogP contribution >= 0.6 is 0 Å². The fourth-order valence-corrected chi connectivity index (χ4v) is 3.87. The minimum atomic E-state index is -2.98. The number of carbonyl (C=O) groups is 1. The van der Waals surface area contributed by atoms with Gasteiger partial charge in [-0.15, -0.1) is 0 Å². The van der Waals surface area contributed by atoms with E-state index in [0.717, 1.165) is 0 Å². The summed E-state index contributed by atoms with van der Waals surface area (Å²) in [7, 11) is -1.36. The van der Waals surface area contributed by atoms with Crippen molar-refractivity contribution in [3.63, 3.8) is 0 Å². The van der Waals surface area contributed by atoms with Gasteiger partial charge in [0, 0.05) is 13.1 Å². The zero-order valence-electron chi connectivity index (χ0n) is 10.6. The molecule has 1 N–H and O–H groups in total. The van der Waals surface area contributed by atoms with E-state index >= 15 is 0 Å². The molecule has 0 aromatic heterocycles. The molecule has 0 saturated carbocycles. The van der Waals surface area contributed by atoms with Crippen molar-refractivity contribution in [1.29, 1.82) is 0 Å². The van der Waals surface area contributed by atoms with Crippen LogP contribution in [-0.4, -0.2) is 55.5 Å². The molecule has 6 heteroatoms. The van der Waals surface area contributed by atoms with Crippen LogP contribution in [0.5, 0.6) is 0 Å². The Hall–Kier alpha value is -0.620. The molecule has 1 aliphatic heterocycles. The average Bonchev–Trinajstić information content (AvgIpc) is 2.58. The van der Waals surface area contributed by atoms with Gasteiger partial charge in [-0.25, -0.2) is 8.42 Å². The van der Waals surface area contributed by atoms with Crippen molar-refractivity contribution in [2.45, 2.75) is 26.3 Å². The molecule has 0 bridgehead atoms. The fraction of sp³-hybridized carbons (Fsp3) is 0.909. The largest absolute Gasteiger partial charge is 0.396 e. The van der Waals surface area contributed by atoms with Gasteiger partial charge in [0.25, 0.3) is 0 Å². The Morgan fingerprint density at radius 1 is 1.47 bits per heavy atom. The molecule has 0 aromatic rings. The summed E-state index contributed by atoms with van der Waals surface area (Å²) in [5.41, 5.74) is 0. The van der Waals surface area contributed by atoms with Crippen molar-refractivity contribution in [3.8, 4) is 0 Å². The lowest BCUT2D eigenvalue weighted by Crippen LogP contribution is -2.43. The second kappa shape index (κ2) is 5.35. The van der Waals surface area contributed by atoms with Crippen molar-refractivity contribution in [1.82, 2.24) is 4.90 Å². The van der Waals surface area contributed by atoms with Crippen LogP contribution in [-0.2, 0) is 14.6 Å². The average molecular weight is 263 g/mol. The third kappa shape index (κ3) is 3.42. The van der Waals surface area contributed by atoms with Crippen LogP contribution in [0.3, 0.4) is 0 Å². The van der Waals surface area contributed by atoms with Crippen molar-refractivity contribution in [2.75, 3.05) is 25.2 Å². The van der Waals surface area contributed by atoms with Gasteiger partial charge >= 0.3 is 0 Å². The highest BCUT2D eigenvalue weighted by molar-refractivity contribution is 7.91. The van der Waals surface area contributed by atoms with E-state index in [1.807, 2.05) is 13.8 Å². The first kappa shape index (κ1) is 14.4. The molecule has 1 fully saturated rings. The third-order valence-electron chi connectivity index (χ3n) is 3.42. The molecular formula is C11H21NO4S. The van der Waals surface area contributed by atoms with Gasteiger partial charge in [-0.2, -0.15) is 0 Å². The molecule has 0 spiro atoms. The molecule has 1 saturated heterocycles. The van der Waals surface area contributed by atoms with Crippen molar-refractivity contribution in [2.24, 2.45) is 11.8 Å². The summed E-state index contributed by atoms with van der Waals surface area (Å²) in [6, 6.07) is -0.236. The lowest BCUT2D eigenvalue weighted by atomic mass is 9.95. The molecule has 1 aliphatic rings. The van der Waals surface area contributed by atoms with Crippen molar-refractivity contribution < 1.29 is 18.3 Å². The van der Waals surface area contributed by atoms with E-state index in [1.54, 1.807) is 7.05 Å². The standard InChI is InChI=1S/C11H21NO4S/c1-8(2)10(6-13)11(14)12(3)9-4-5-17(15,16)7-9/h8-10,13H,4-7H2,1-3H3. The summed E-state index contributed by atoms with van der Waals surface area (Å²) < 4.78 is 22.7. The number of aliphatic hydroxyl groups is 1. The van der Waals surface area contributed by atoms with E-state index in [2.05, 4.69) is 0 Å². The van der Waals surface area contributed by atoms with Crippen LogP contribution in [0.25, 0.3) is 0 Å². The number of hydrogen-bond acceptors (Lipinski definition) is 4. The lowest BCUT2D eigenvalue weighted by Gasteiger charge is -2.29. The first-order valence-electron chi connectivity index (χ1n) is 5.86. The summed E-state index contributed by atoms with van der Waals surface area (Å²) in [5, 5.41) is 9.20. The molecule has 0 aromatic carbocycles. The van der Waals surface area contributed by atoms with E-state index in [4.69, 9.17) is 0 Å². The van der Waals surface area contributed by atoms with E-state index in [1.165, 1.54) is 4.90 Å². The first-order valence-corrected chi connectivity index (χ1v) is 7.68. The Morgan fingerprint density at radius 2 is 2.06 bits per heavy atom. The summed E-state index contributed by atoms with van der Waals surface area (Å²) >= 11 is 0. The summed E-state index contributed by atoms with van der Waals surface area (Å²) in [4.78, 5) is 13.6. The molecule has 1 rings (SSSR count). The molecular weight excluding hydrogens is 242 g/mol. The topological polar surface area (TPSA) is 74.7 Å². The maximum Gasteiger partial charge on any atom is 0.228 e. The summed E-state index contributed by atoms with van der Waals surface area (Å²) in [5.74, 6) is -0.354. The number of amides is 1. The Labute approximate surface area is 103 Å². The molecule has 1 heterocycles. The van der Waals surface area contributed by atoms with E-state index < -0.39 is 15.8 Å². The maximum absolute atomic E-state index is 12.1. The van der Waals surface area contributed by atoms with Crippen LogP contribution in [0.15, 0.2) is 0 Å². The van der Waals surface area contributed by atoms with E-state index in [9.17, 15) is 18.3 Å². The summed E-state index contributed by atoms with van der Waals surface area (Å²) in [6.45, 7) is 3.55. The number of rotatable bonds is 4. The highest BCUT2D eigenvalue weighted by Crippen LogP contribution is 2.20. The Morgan fingerprint density at radius 3 is 2.41 bits per heavy atom. The van der Waals surface area contributed by atoms with Crippen molar-refractivity contribution in [3.05, 3.63) is 0 Å². The Balaban J connectivity index is 2.70. The van der Waals surface area contributed by atoms with Gasteiger partial charge in [0.2, 0.25) is 5.91 Å². The number of sulfone groups is 1. The monoisotopic (exact) mass is 263 g/mol. The second-order valence-corrected chi connectivity index (χ2v) is 7.27. The minimum Gasteiger partial charge on any atom is -0.396 e. The second-order valence-electron chi connectivity index (χ2n) is 5.04. The van der Waals surface area contributed by atoms with Gasteiger partial charge in [-0.3, -0.25) is 4.79 Å². The highest BCUT2D eigenvalue weighted by atomic mass is 32.2. The molecule has 2 unspecified atom stereocenters. The van der Waals surface area contributed by atoms with E-state index in [0.29, 0.717) is 6.42 Å². The molecule has 0 aliphatic carbocycles. The number of nitrogens with zero attached hydrogens (tertiary/aromatic N) is 1. The molecule has 100 valence electrons. The molecule has 0 radical (unpaired) electrons. The van der Waals surface area contributed by atoms with Crippen LogP contribution in [0.4, 0.5) is 0 Å². The van der Waals surface area contributed by atoms with Crippen LogP contribution in [0.2, 0.25) is 0 Å². The third-order valence-corrected chi connectivity index (χ3v) is 5.17. The maximum atomic E-state index is 12.1. The van der Waals surface area contributed by atoms with Gasteiger partial charge in [-0.1, -0.05) is 13.8 Å². The van der Waals surface area contributed by atoms with Gasteiger partial charge < -0.3 is 10.0 Å². The van der Waals surface area contributed by atoms with Crippen LogP contribution in [0.1, 0.15) is 20.3 Å². The SMILES string of the molecule is CC(C)C(CO)C(=O)N(C)C1CCS(=O)(=O)C1. The molecule has 5 nitrogen and oxygen atoms in total. The van der Waals surface area contributed by atoms with Gasteiger partial charge in [0.1, 0.15) is 0 Å². The smallest absolute Gasteiger partial charge is 0.228 e. The van der Waals surface area contributed by atoms with Crippen LogP contribution in [0, 0.1) is 11.8 Å². The summed E-state index contributed by atoms with van der Waals surface area (Å²) in [6.07, 6.45) is 0.501. The first-order chi connectivity index (χ1) is 7.78. The fourth-order valence-electron chi connectivity index (χ4n) is 2.10. The normalized spacial score (nSPS) is 24.9. The number of aliphatic hydroxyl groups excluding tert-OH is 1. The quantitative estimate of drug-likeness (QED) is 0.768. The number of hydrogen-bond donors (Lipinski definition) is 1. The Kier molecular flexibility index (Phi) is 4.55. The Bertz CT molecular complexity index is 377. The minimum absolute atomic E-state index is 0.0471. The molecule has 2 atom stereocenters. The van der Waals surface area contributed by atoms with Gasteiger partial charge in [0.15, 0.2) is 9.84 Å². The van der Waals surface area contributed by atoms with Gasteiger partial charge in [-0.05, 0) is 12.3 Å². The van der Waals surface area contributed by atoms with Gasteiger partial charge in [0.05, 0.1) is 24.0 Å². The zero-order valence-corrected chi connectivity index (χ0v) is 11.4.